The molecular formula is C61H100O12. The Labute approximate surface area is 441 Å². The summed E-state index contributed by atoms with van der Waals surface area (Å²) < 4.78 is 28.3. The smallest absolute Gasteiger partial charge is 0.335 e. The number of esters is 3. The summed E-state index contributed by atoms with van der Waals surface area (Å²) >= 11 is 0. The molecule has 1 fully saturated rings. The van der Waals surface area contributed by atoms with E-state index < -0.39 is 67.3 Å². The number of carboxylic acid groups (broad SMARTS) is 1. The molecule has 0 aromatic rings. The van der Waals surface area contributed by atoms with E-state index in [1.165, 1.54) is 77.0 Å². The van der Waals surface area contributed by atoms with E-state index in [2.05, 4.69) is 93.7 Å². The number of carboxylic acids is 1. The molecule has 6 atom stereocenters. The lowest BCUT2D eigenvalue weighted by molar-refractivity contribution is -0.301. The van der Waals surface area contributed by atoms with E-state index in [-0.39, 0.29) is 25.9 Å². The number of hydrogen-bond acceptors (Lipinski definition) is 11. The second-order valence-electron chi connectivity index (χ2n) is 19.2. The van der Waals surface area contributed by atoms with Gasteiger partial charge in [-0.25, -0.2) is 4.79 Å². The minimum Gasteiger partial charge on any atom is -0.479 e. The van der Waals surface area contributed by atoms with E-state index in [4.69, 9.17) is 23.7 Å². The van der Waals surface area contributed by atoms with Crippen LogP contribution in [0.1, 0.15) is 226 Å². The summed E-state index contributed by atoms with van der Waals surface area (Å²) in [7, 11) is 0. The first-order chi connectivity index (χ1) is 35.6. The fourth-order valence-corrected chi connectivity index (χ4v) is 8.16. The van der Waals surface area contributed by atoms with E-state index in [9.17, 15) is 34.5 Å². The zero-order valence-electron chi connectivity index (χ0n) is 45.6. The van der Waals surface area contributed by atoms with Crippen molar-refractivity contribution >= 4 is 23.9 Å². The predicted molar refractivity (Wildman–Crippen MR) is 294 cm³/mol. The van der Waals surface area contributed by atoms with E-state index >= 15 is 0 Å². The lowest BCUT2D eigenvalue weighted by atomic mass is 9.98. The van der Waals surface area contributed by atoms with Gasteiger partial charge in [0.15, 0.2) is 24.6 Å². The maximum absolute atomic E-state index is 13.1. The highest BCUT2D eigenvalue weighted by molar-refractivity contribution is 5.74. The van der Waals surface area contributed by atoms with Gasteiger partial charge in [0, 0.05) is 19.3 Å². The molecule has 1 heterocycles. The van der Waals surface area contributed by atoms with Crippen LogP contribution in [0.15, 0.2) is 85.1 Å². The number of rotatable bonds is 47. The monoisotopic (exact) mass is 1020 g/mol. The van der Waals surface area contributed by atoms with Crippen molar-refractivity contribution in [1.82, 2.24) is 0 Å². The lowest BCUT2D eigenvalue weighted by Gasteiger charge is -2.40. The van der Waals surface area contributed by atoms with Crippen LogP contribution in [0.25, 0.3) is 0 Å². The third-order valence-corrected chi connectivity index (χ3v) is 12.5. The van der Waals surface area contributed by atoms with Gasteiger partial charge in [-0.1, -0.05) is 215 Å². The van der Waals surface area contributed by atoms with Gasteiger partial charge in [-0.2, -0.15) is 0 Å². The van der Waals surface area contributed by atoms with Crippen LogP contribution in [0.4, 0.5) is 0 Å². The van der Waals surface area contributed by atoms with Crippen LogP contribution in [-0.4, -0.2) is 89.2 Å². The number of allylic oxidation sites excluding steroid dienone is 14. The SMILES string of the molecule is CC/C=C\C/C=C\C/C=C\C/C=C\CCC(=O)OCC(COC1OC(C(=O)O)C(O)C(O)C1OC(=O)CCCCCCCCCCCCCCCCCCC)OC(=O)CCCCC/C=C\C/C=C\C/C=C\CC. The number of hydrogen-bond donors (Lipinski definition) is 3. The van der Waals surface area contributed by atoms with E-state index in [0.29, 0.717) is 19.3 Å². The number of carbonyl (C=O) groups is 4. The predicted octanol–water partition coefficient (Wildman–Crippen LogP) is 14.3. The quantitative estimate of drug-likeness (QED) is 0.0228. The van der Waals surface area contributed by atoms with Crippen molar-refractivity contribution in [2.45, 2.75) is 263 Å². The first-order valence-corrected chi connectivity index (χ1v) is 28.6. The minimum atomic E-state index is -1.92. The largest absolute Gasteiger partial charge is 0.479 e. The molecule has 0 aromatic heterocycles. The summed E-state index contributed by atoms with van der Waals surface area (Å²) in [5.74, 6) is -3.27. The summed E-state index contributed by atoms with van der Waals surface area (Å²) in [6.07, 6.45) is 50.1. The minimum absolute atomic E-state index is 0.0505. The number of carbonyl (C=O) groups excluding carboxylic acids is 3. The maximum Gasteiger partial charge on any atom is 0.335 e. The zero-order chi connectivity index (χ0) is 53.3. The Balaban J connectivity index is 2.73. The number of aliphatic hydroxyl groups is 2. The fraction of sp³-hybridized carbons (Fsp3) is 0.705. The molecule has 1 aliphatic rings. The topological polar surface area (TPSA) is 175 Å². The van der Waals surface area contributed by atoms with Crippen LogP contribution in [0.5, 0.6) is 0 Å². The third-order valence-electron chi connectivity index (χ3n) is 12.5. The molecule has 0 aliphatic carbocycles. The van der Waals surface area contributed by atoms with Gasteiger partial charge in [0.25, 0.3) is 0 Å². The average Bonchev–Trinajstić information content (AvgIpc) is 3.37. The van der Waals surface area contributed by atoms with Crippen LogP contribution >= 0.6 is 0 Å². The second-order valence-corrected chi connectivity index (χ2v) is 19.2. The van der Waals surface area contributed by atoms with Gasteiger partial charge in [-0.05, 0) is 77.0 Å². The molecule has 0 saturated carbocycles. The Morgan fingerprint density at radius 2 is 0.890 bits per heavy atom. The molecule has 0 bridgehead atoms. The Morgan fingerprint density at radius 3 is 1.37 bits per heavy atom. The number of aliphatic hydroxyl groups excluding tert-OH is 2. The molecule has 12 nitrogen and oxygen atoms in total. The van der Waals surface area contributed by atoms with Gasteiger partial charge >= 0.3 is 23.9 Å². The first kappa shape index (κ1) is 66.9. The number of aliphatic carboxylic acids is 1. The van der Waals surface area contributed by atoms with Gasteiger partial charge in [0.05, 0.1) is 6.61 Å². The Bertz CT molecular complexity index is 1590. The second kappa shape index (κ2) is 48.8. The molecule has 1 rings (SSSR count). The maximum atomic E-state index is 13.1. The molecule has 6 unspecified atom stereocenters. The molecule has 12 heteroatoms. The van der Waals surface area contributed by atoms with E-state index in [1.807, 2.05) is 12.2 Å². The highest BCUT2D eigenvalue weighted by Crippen LogP contribution is 2.26. The molecule has 0 spiro atoms. The highest BCUT2D eigenvalue weighted by Gasteiger charge is 2.50. The van der Waals surface area contributed by atoms with Crippen molar-refractivity contribution in [3.63, 3.8) is 0 Å². The summed E-state index contributed by atoms with van der Waals surface area (Å²) in [5.41, 5.74) is 0. The van der Waals surface area contributed by atoms with Crippen molar-refractivity contribution in [1.29, 1.82) is 0 Å². The van der Waals surface area contributed by atoms with Gasteiger partial charge in [0.2, 0.25) is 0 Å². The first-order valence-electron chi connectivity index (χ1n) is 28.6. The van der Waals surface area contributed by atoms with Crippen LogP contribution in [0.3, 0.4) is 0 Å². The average molecular weight is 1030 g/mol. The Kier molecular flexibility index (Phi) is 44.7. The van der Waals surface area contributed by atoms with Gasteiger partial charge < -0.3 is 39.0 Å². The summed E-state index contributed by atoms with van der Waals surface area (Å²) in [6.45, 7) is 5.67. The van der Waals surface area contributed by atoms with E-state index in [0.717, 1.165) is 89.9 Å². The standard InChI is InChI=1S/C61H100O12/c1-4-7-10-13-16-19-22-25-26-27-28-31-34-37-40-43-46-49-55(64)72-59-57(66)56(65)58(60(67)68)73-61(59)70-51-52(71-54(63)48-45-42-39-36-33-30-24-21-18-15-12-9-6-3)50-69-53(62)47-44-41-38-35-32-29-23-20-17-14-11-8-5-2/h8-9,11-12,17-18,20-21,29-30,32-33,38,41,52,56-59,61,65-66H,4-7,10,13-16,19,22-28,31,34-37,39-40,42-51H2,1-3H3,(H,67,68)/b11-8-,12-9-,20-17-,21-18-,32-29-,33-30-,41-38-. The molecule has 0 radical (unpaired) electrons. The number of unbranched alkanes of at least 4 members (excludes halogenated alkanes) is 19. The fourth-order valence-electron chi connectivity index (χ4n) is 8.16. The molecule has 416 valence electrons. The molecule has 3 N–H and O–H groups in total. The van der Waals surface area contributed by atoms with Gasteiger partial charge in [-0.3, -0.25) is 14.4 Å². The summed E-state index contributed by atoms with van der Waals surface area (Å²) in [4.78, 5) is 51.0. The molecular weight excluding hydrogens is 925 g/mol. The van der Waals surface area contributed by atoms with Crippen molar-refractivity contribution in [3.05, 3.63) is 85.1 Å². The third kappa shape index (κ3) is 39.0. The lowest BCUT2D eigenvalue weighted by Crippen LogP contribution is -2.61. The van der Waals surface area contributed by atoms with Crippen molar-refractivity contribution in [3.8, 4) is 0 Å². The van der Waals surface area contributed by atoms with Crippen LogP contribution in [0.2, 0.25) is 0 Å². The van der Waals surface area contributed by atoms with Crippen molar-refractivity contribution in [2.75, 3.05) is 13.2 Å². The van der Waals surface area contributed by atoms with Crippen molar-refractivity contribution < 1.29 is 58.2 Å². The number of ether oxygens (including phenoxy) is 5. The molecule has 1 aliphatic heterocycles. The molecule has 0 aromatic carbocycles. The Morgan fingerprint density at radius 1 is 0.466 bits per heavy atom. The molecule has 0 amide bonds. The van der Waals surface area contributed by atoms with Crippen molar-refractivity contribution in [2.24, 2.45) is 0 Å². The summed E-state index contributed by atoms with van der Waals surface area (Å²) in [6, 6.07) is 0. The van der Waals surface area contributed by atoms with Crippen LogP contribution in [0, 0.1) is 0 Å². The molecule has 73 heavy (non-hydrogen) atoms. The van der Waals surface area contributed by atoms with E-state index in [1.54, 1.807) is 0 Å². The highest BCUT2D eigenvalue weighted by atomic mass is 16.7. The molecule has 1 saturated heterocycles. The normalized spacial score (nSPS) is 18.9. The van der Waals surface area contributed by atoms with Gasteiger partial charge in [0.1, 0.15) is 18.8 Å². The summed E-state index contributed by atoms with van der Waals surface area (Å²) in [5, 5.41) is 31.4. The zero-order valence-corrected chi connectivity index (χ0v) is 45.6. The van der Waals surface area contributed by atoms with Crippen LogP contribution < -0.4 is 0 Å². The van der Waals surface area contributed by atoms with Crippen LogP contribution in [-0.2, 0) is 42.9 Å². The Hall–Kier alpha value is -4.10. The van der Waals surface area contributed by atoms with Gasteiger partial charge in [-0.15, -0.1) is 0 Å².